The standard InChI is InChI=1S/C18H21N5O2/c1-11(2)9-25-17(24)22-18(3)6-12(7-18)23-10-21-14-8-20-16-13(15(14)23)4-5-19-16/h4-6,8,10-11H,7,9H2,1-3H3,(H,19,20)(H,22,24). The Morgan fingerprint density at radius 3 is 3.04 bits per heavy atom. The number of hydrogen-bond donors (Lipinski definition) is 2. The van der Waals surface area contributed by atoms with Crippen molar-refractivity contribution in [3.8, 4) is 0 Å². The first kappa shape index (κ1) is 15.7. The first-order valence-electron chi connectivity index (χ1n) is 8.41. The zero-order chi connectivity index (χ0) is 17.6. The Kier molecular flexibility index (Phi) is 3.52. The lowest BCUT2D eigenvalue weighted by Crippen LogP contribution is -2.49. The molecule has 7 heteroatoms. The number of H-pyrrole nitrogens is 1. The van der Waals surface area contributed by atoms with Crippen molar-refractivity contribution in [3.63, 3.8) is 0 Å². The maximum atomic E-state index is 11.9. The van der Waals surface area contributed by atoms with Gasteiger partial charge in [-0.2, -0.15) is 0 Å². The van der Waals surface area contributed by atoms with Gasteiger partial charge in [0, 0.05) is 23.7 Å². The average molecular weight is 339 g/mol. The smallest absolute Gasteiger partial charge is 0.407 e. The monoisotopic (exact) mass is 339 g/mol. The second-order valence-corrected chi connectivity index (χ2v) is 7.19. The van der Waals surface area contributed by atoms with Crippen molar-refractivity contribution >= 4 is 33.9 Å². The molecule has 0 fully saturated rings. The van der Waals surface area contributed by atoms with Crippen LogP contribution in [0.25, 0.3) is 27.8 Å². The van der Waals surface area contributed by atoms with Crippen LogP contribution >= 0.6 is 0 Å². The molecule has 7 nitrogen and oxygen atoms in total. The van der Waals surface area contributed by atoms with Crippen molar-refractivity contribution in [1.29, 1.82) is 0 Å². The van der Waals surface area contributed by atoms with Gasteiger partial charge in [-0.1, -0.05) is 13.8 Å². The minimum atomic E-state index is -0.399. The molecule has 25 heavy (non-hydrogen) atoms. The second kappa shape index (κ2) is 5.61. The van der Waals surface area contributed by atoms with Crippen LogP contribution in [-0.2, 0) is 4.74 Å². The summed E-state index contributed by atoms with van der Waals surface area (Å²) in [5, 5.41) is 3.97. The van der Waals surface area contributed by atoms with Crippen LogP contribution in [0.3, 0.4) is 0 Å². The van der Waals surface area contributed by atoms with Crippen molar-refractivity contribution in [2.75, 3.05) is 6.61 Å². The average Bonchev–Trinajstić information content (AvgIpc) is 3.15. The molecule has 130 valence electrons. The number of pyridine rings is 1. The number of hydrogen-bond acceptors (Lipinski definition) is 4. The Labute approximate surface area is 145 Å². The van der Waals surface area contributed by atoms with Crippen molar-refractivity contribution in [2.24, 2.45) is 5.92 Å². The number of rotatable bonds is 4. The lowest BCUT2D eigenvalue weighted by molar-refractivity contribution is 0.125. The van der Waals surface area contributed by atoms with Crippen LogP contribution in [0.5, 0.6) is 0 Å². The molecule has 2 N–H and O–H groups in total. The van der Waals surface area contributed by atoms with Crippen LogP contribution in [0.2, 0.25) is 0 Å². The summed E-state index contributed by atoms with van der Waals surface area (Å²) in [6, 6.07) is 2.00. The Morgan fingerprint density at radius 1 is 1.48 bits per heavy atom. The normalized spacial score (nSPS) is 19.9. The number of fused-ring (bicyclic) bond motifs is 3. The molecule has 1 aliphatic rings. The minimum Gasteiger partial charge on any atom is -0.449 e. The predicted octanol–water partition coefficient (Wildman–Crippen LogP) is 3.30. The minimum absolute atomic E-state index is 0.320. The highest BCUT2D eigenvalue weighted by Gasteiger charge is 2.35. The number of carbonyl (C=O) groups excluding carboxylic acids is 1. The highest BCUT2D eigenvalue weighted by molar-refractivity contribution is 6.02. The molecular formula is C18H21N5O2. The Hall–Kier alpha value is -2.83. The summed E-state index contributed by atoms with van der Waals surface area (Å²) in [6.07, 6.45) is 7.83. The van der Waals surface area contributed by atoms with Crippen molar-refractivity contribution in [2.45, 2.75) is 32.7 Å². The number of aromatic nitrogens is 4. The van der Waals surface area contributed by atoms with Crippen LogP contribution in [0, 0.1) is 5.92 Å². The quantitative estimate of drug-likeness (QED) is 0.764. The van der Waals surface area contributed by atoms with E-state index in [9.17, 15) is 4.79 Å². The number of aromatic amines is 1. The molecule has 0 saturated carbocycles. The number of nitrogens with zero attached hydrogens (tertiary/aromatic N) is 3. The molecule has 0 radical (unpaired) electrons. The van der Waals surface area contributed by atoms with Gasteiger partial charge in [-0.3, -0.25) is 0 Å². The third-order valence-corrected chi connectivity index (χ3v) is 4.37. The van der Waals surface area contributed by atoms with E-state index in [4.69, 9.17) is 4.74 Å². The summed E-state index contributed by atoms with van der Waals surface area (Å²) < 4.78 is 7.27. The van der Waals surface area contributed by atoms with E-state index >= 15 is 0 Å². The molecule has 3 aromatic heterocycles. The molecule has 0 saturated heterocycles. The molecule has 3 aromatic rings. The van der Waals surface area contributed by atoms with E-state index < -0.39 is 5.54 Å². The molecule has 0 aliphatic heterocycles. The Bertz CT molecular complexity index is 984. The summed E-state index contributed by atoms with van der Waals surface area (Å²) >= 11 is 0. The fourth-order valence-corrected chi connectivity index (χ4v) is 3.19. The molecule has 0 bridgehead atoms. The first-order valence-corrected chi connectivity index (χ1v) is 8.41. The number of ether oxygens (including phenoxy) is 1. The predicted molar refractivity (Wildman–Crippen MR) is 96.0 cm³/mol. The zero-order valence-electron chi connectivity index (χ0n) is 14.5. The van der Waals surface area contributed by atoms with E-state index in [0.29, 0.717) is 18.9 Å². The molecule has 3 heterocycles. The third kappa shape index (κ3) is 2.75. The maximum Gasteiger partial charge on any atom is 0.407 e. The van der Waals surface area contributed by atoms with Crippen LogP contribution in [0.4, 0.5) is 4.79 Å². The van der Waals surface area contributed by atoms with Gasteiger partial charge in [-0.15, -0.1) is 0 Å². The molecule has 1 amide bonds. The summed E-state index contributed by atoms with van der Waals surface area (Å²) in [5.74, 6) is 0.320. The lowest BCUT2D eigenvalue weighted by Gasteiger charge is -2.37. The summed E-state index contributed by atoms with van der Waals surface area (Å²) in [5.41, 5.74) is 3.42. The lowest BCUT2D eigenvalue weighted by atomic mass is 9.84. The highest BCUT2D eigenvalue weighted by atomic mass is 16.5. The van der Waals surface area contributed by atoms with Gasteiger partial charge in [0.05, 0.1) is 23.9 Å². The summed E-state index contributed by atoms with van der Waals surface area (Å²) in [4.78, 5) is 23.8. The van der Waals surface area contributed by atoms with E-state index in [2.05, 4.69) is 24.8 Å². The molecule has 1 unspecified atom stereocenters. The van der Waals surface area contributed by atoms with E-state index in [-0.39, 0.29) is 6.09 Å². The van der Waals surface area contributed by atoms with Crippen LogP contribution < -0.4 is 5.32 Å². The van der Waals surface area contributed by atoms with Crippen molar-refractivity contribution in [3.05, 3.63) is 30.9 Å². The van der Waals surface area contributed by atoms with Gasteiger partial charge in [0.2, 0.25) is 0 Å². The molecular weight excluding hydrogens is 318 g/mol. The molecule has 1 atom stereocenters. The van der Waals surface area contributed by atoms with Crippen LogP contribution in [0.15, 0.2) is 30.9 Å². The van der Waals surface area contributed by atoms with E-state index in [1.165, 1.54) is 0 Å². The maximum absolute atomic E-state index is 11.9. The fourth-order valence-electron chi connectivity index (χ4n) is 3.19. The van der Waals surface area contributed by atoms with Gasteiger partial charge >= 0.3 is 6.09 Å². The van der Waals surface area contributed by atoms with Gasteiger partial charge in [0.25, 0.3) is 0 Å². The Morgan fingerprint density at radius 2 is 2.28 bits per heavy atom. The van der Waals surface area contributed by atoms with Crippen molar-refractivity contribution in [1.82, 2.24) is 24.8 Å². The SMILES string of the molecule is CC(C)COC(=O)NC1(C)C=C(n2cnc3cnc4[nH]ccc4c32)C1. The van der Waals surface area contributed by atoms with Crippen LogP contribution in [-0.4, -0.2) is 37.8 Å². The first-order chi connectivity index (χ1) is 12.0. The summed E-state index contributed by atoms with van der Waals surface area (Å²) in [7, 11) is 0. The largest absolute Gasteiger partial charge is 0.449 e. The number of carbonyl (C=O) groups is 1. The van der Waals surface area contributed by atoms with Gasteiger partial charge in [0.1, 0.15) is 17.5 Å². The molecule has 0 aromatic carbocycles. The van der Waals surface area contributed by atoms with E-state index in [1.807, 2.05) is 39.1 Å². The number of nitrogens with one attached hydrogen (secondary N) is 2. The third-order valence-electron chi connectivity index (χ3n) is 4.37. The van der Waals surface area contributed by atoms with E-state index in [1.54, 1.807) is 12.5 Å². The Balaban J connectivity index is 1.58. The highest BCUT2D eigenvalue weighted by Crippen LogP contribution is 2.36. The molecule has 0 spiro atoms. The number of amides is 1. The topological polar surface area (TPSA) is 84.8 Å². The van der Waals surface area contributed by atoms with Gasteiger partial charge in [-0.05, 0) is 25.0 Å². The van der Waals surface area contributed by atoms with Gasteiger partial charge < -0.3 is 19.6 Å². The van der Waals surface area contributed by atoms with Gasteiger partial charge in [0.15, 0.2) is 0 Å². The second-order valence-electron chi connectivity index (χ2n) is 7.19. The zero-order valence-corrected chi connectivity index (χ0v) is 14.5. The number of imidazole rings is 1. The number of alkyl carbamates (subject to hydrolysis) is 1. The van der Waals surface area contributed by atoms with E-state index in [0.717, 1.165) is 27.8 Å². The fraction of sp³-hybridized carbons (Fsp3) is 0.389. The van der Waals surface area contributed by atoms with Gasteiger partial charge in [-0.25, -0.2) is 14.8 Å². The van der Waals surface area contributed by atoms with Crippen molar-refractivity contribution < 1.29 is 9.53 Å². The van der Waals surface area contributed by atoms with Crippen LogP contribution in [0.1, 0.15) is 27.2 Å². The summed E-state index contributed by atoms with van der Waals surface area (Å²) in [6.45, 7) is 6.43. The molecule has 1 aliphatic carbocycles. The molecule has 4 rings (SSSR count).